The molecule has 0 N–H and O–H groups in total. The van der Waals surface area contributed by atoms with Crippen molar-refractivity contribution in [2.75, 3.05) is 18.5 Å². The van der Waals surface area contributed by atoms with Crippen LogP contribution in [0.25, 0.3) is 0 Å². The van der Waals surface area contributed by atoms with Gasteiger partial charge in [-0.1, -0.05) is 11.6 Å². The molecule has 0 saturated heterocycles. The molecule has 0 aliphatic carbocycles. The van der Waals surface area contributed by atoms with Crippen LogP contribution < -0.4 is 9.04 Å². The zero-order valence-corrected chi connectivity index (χ0v) is 12.5. The summed E-state index contributed by atoms with van der Waals surface area (Å²) < 4.78 is 31.5. The van der Waals surface area contributed by atoms with E-state index in [-0.39, 0.29) is 10.6 Å². The van der Waals surface area contributed by atoms with Crippen LogP contribution in [0, 0.1) is 0 Å². The summed E-state index contributed by atoms with van der Waals surface area (Å²) >= 11 is 5.88. The molecule has 0 bridgehead atoms. The second kappa shape index (κ2) is 5.68. The molecule has 0 saturated carbocycles. The molecule has 1 heterocycles. The molecule has 2 aromatic rings. The van der Waals surface area contributed by atoms with Gasteiger partial charge in [0.05, 0.1) is 19.0 Å². The first-order chi connectivity index (χ1) is 9.46. The Labute approximate surface area is 122 Å². The van der Waals surface area contributed by atoms with Crippen molar-refractivity contribution >= 4 is 27.3 Å². The summed E-state index contributed by atoms with van der Waals surface area (Å²) in [5, 5.41) is 0.323. The summed E-state index contributed by atoms with van der Waals surface area (Å²) in [6, 6.07) is 7.77. The molecule has 0 aliphatic rings. The molecule has 0 unspecified atom stereocenters. The lowest BCUT2D eigenvalue weighted by Crippen LogP contribution is -2.27. The third-order valence-corrected chi connectivity index (χ3v) is 4.82. The second-order valence-corrected chi connectivity index (χ2v) is 6.35. The Bertz CT molecular complexity index is 705. The highest BCUT2D eigenvalue weighted by Crippen LogP contribution is 2.30. The molecule has 0 amide bonds. The minimum absolute atomic E-state index is 0.0128. The van der Waals surface area contributed by atoms with E-state index in [1.807, 2.05) is 0 Å². The molecular formula is C13H13ClN2O3S. The van der Waals surface area contributed by atoms with Gasteiger partial charge in [-0.3, -0.25) is 9.29 Å². The predicted molar refractivity (Wildman–Crippen MR) is 77.8 cm³/mol. The Morgan fingerprint density at radius 3 is 2.65 bits per heavy atom. The van der Waals surface area contributed by atoms with Gasteiger partial charge in [0.1, 0.15) is 10.6 Å². The highest BCUT2D eigenvalue weighted by Gasteiger charge is 2.25. The van der Waals surface area contributed by atoms with Gasteiger partial charge in [-0.25, -0.2) is 8.42 Å². The topological polar surface area (TPSA) is 59.5 Å². The van der Waals surface area contributed by atoms with Gasteiger partial charge in [-0.2, -0.15) is 0 Å². The van der Waals surface area contributed by atoms with Crippen LogP contribution in [0.1, 0.15) is 0 Å². The van der Waals surface area contributed by atoms with Gasteiger partial charge in [0, 0.05) is 18.3 Å². The number of hydrogen-bond donors (Lipinski definition) is 0. The lowest BCUT2D eigenvalue weighted by atomic mass is 10.3. The van der Waals surface area contributed by atoms with E-state index in [1.165, 1.54) is 32.5 Å². The van der Waals surface area contributed by atoms with Crippen LogP contribution >= 0.6 is 11.6 Å². The summed E-state index contributed by atoms with van der Waals surface area (Å²) in [6.07, 6.45) is 3.04. The first kappa shape index (κ1) is 14.6. The summed E-state index contributed by atoms with van der Waals surface area (Å²) in [5.74, 6) is 0.241. The smallest absolute Gasteiger partial charge is 0.267 e. The number of halogens is 1. The monoisotopic (exact) mass is 312 g/mol. The van der Waals surface area contributed by atoms with Crippen molar-refractivity contribution in [3.63, 3.8) is 0 Å². The van der Waals surface area contributed by atoms with Crippen LogP contribution in [0.3, 0.4) is 0 Å². The van der Waals surface area contributed by atoms with E-state index in [1.54, 1.807) is 24.4 Å². The van der Waals surface area contributed by atoms with Crippen LogP contribution in [0.4, 0.5) is 5.69 Å². The largest absolute Gasteiger partial charge is 0.495 e. The van der Waals surface area contributed by atoms with Crippen LogP contribution in [0.15, 0.2) is 47.6 Å². The maximum Gasteiger partial charge on any atom is 0.267 e. The zero-order valence-electron chi connectivity index (χ0n) is 10.9. The number of nitrogens with zero attached hydrogens (tertiary/aromatic N) is 2. The average molecular weight is 313 g/mol. The van der Waals surface area contributed by atoms with Crippen molar-refractivity contribution < 1.29 is 13.2 Å². The number of ether oxygens (including phenoxy) is 1. The van der Waals surface area contributed by atoms with Gasteiger partial charge in [0.2, 0.25) is 0 Å². The number of sulfonamides is 1. The molecule has 1 aromatic heterocycles. The van der Waals surface area contributed by atoms with Gasteiger partial charge in [-0.15, -0.1) is 0 Å². The summed E-state index contributed by atoms with van der Waals surface area (Å²) in [6.45, 7) is 0. The Morgan fingerprint density at radius 2 is 2.05 bits per heavy atom. The maximum atomic E-state index is 12.6. The van der Waals surface area contributed by atoms with Crippen molar-refractivity contribution in [2.24, 2.45) is 0 Å². The molecule has 5 nitrogen and oxygen atoms in total. The Morgan fingerprint density at radius 1 is 1.30 bits per heavy atom. The number of aromatic nitrogens is 1. The third kappa shape index (κ3) is 2.71. The highest BCUT2D eigenvalue weighted by molar-refractivity contribution is 7.92. The van der Waals surface area contributed by atoms with Crippen LogP contribution in [0.5, 0.6) is 5.75 Å². The van der Waals surface area contributed by atoms with E-state index in [0.717, 1.165) is 4.31 Å². The van der Waals surface area contributed by atoms with E-state index in [9.17, 15) is 8.42 Å². The van der Waals surface area contributed by atoms with Crippen molar-refractivity contribution in [2.45, 2.75) is 4.90 Å². The van der Waals surface area contributed by atoms with Crippen molar-refractivity contribution in [1.82, 2.24) is 4.98 Å². The minimum Gasteiger partial charge on any atom is -0.495 e. The number of anilines is 1. The van der Waals surface area contributed by atoms with Crippen LogP contribution in [-0.4, -0.2) is 27.6 Å². The summed E-state index contributed by atoms with van der Waals surface area (Å²) in [4.78, 5) is 3.92. The number of hydrogen-bond acceptors (Lipinski definition) is 4. The average Bonchev–Trinajstić information content (AvgIpc) is 2.47. The van der Waals surface area contributed by atoms with E-state index >= 15 is 0 Å². The maximum absolute atomic E-state index is 12.6. The Kier molecular flexibility index (Phi) is 4.15. The lowest BCUT2D eigenvalue weighted by molar-refractivity contribution is 0.402. The number of rotatable bonds is 4. The van der Waals surface area contributed by atoms with Crippen LogP contribution in [0.2, 0.25) is 5.02 Å². The first-order valence-corrected chi connectivity index (χ1v) is 7.51. The summed E-state index contributed by atoms with van der Waals surface area (Å²) in [5.41, 5.74) is 0.453. The molecule has 0 atom stereocenters. The summed E-state index contributed by atoms with van der Waals surface area (Å²) in [7, 11) is -0.913. The minimum atomic E-state index is -3.77. The Hall–Kier alpha value is -1.79. The van der Waals surface area contributed by atoms with Crippen LogP contribution in [-0.2, 0) is 10.0 Å². The molecule has 106 valence electrons. The standard InChI is InChI=1S/C13H13ClN2O3S/c1-16(11-4-3-7-15-9-11)20(17,18)13-8-10(14)5-6-12(13)19-2/h3-9H,1-2H3. The molecule has 0 fully saturated rings. The fraction of sp³-hybridized carbons (Fsp3) is 0.154. The molecule has 2 rings (SSSR count). The number of benzene rings is 1. The molecule has 0 spiro atoms. The SMILES string of the molecule is COc1ccc(Cl)cc1S(=O)(=O)N(C)c1cccnc1. The van der Waals surface area contributed by atoms with Crippen molar-refractivity contribution in [1.29, 1.82) is 0 Å². The van der Waals surface area contributed by atoms with E-state index < -0.39 is 10.0 Å². The van der Waals surface area contributed by atoms with Gasteiger partial charge in [-0.05, 0) is 30.3 Å². The molecule has 0 radical (unpaired) electrons. The van der Waals surface area contributed by atoms with Crippen molar-refractivity contribution in [3.05, 3.63) is 47.7 Å². The van der Waals surface area contributed by atoms with E-state index in [2.05, 4.69) is 4.98 Å². The highest BCUT2D eigenvalue weighted by atomic mass is 35.5. The zero-order chi connectivity index (χ0) is 14.8. The lowest BCUT2D eigenvalue weighted by Gasteiger charge is -2.20. The Balaban J connectivity index is 2.53. The fourth-order valence-electron chi connectivity index (χ4n) is 1.68. The molecule has 7 heteroatoms. The molecule has 0 aliphatic heterocycles. The van der Waals surface area contributed by atoms with Gasteiger partial charge in [0.25, 0.3) is 10.0 Å². The quantitative estimate of drug-likeness (QED) is 0.870. The normalized spacial score (nSPS) is 11.2. The molecule has 20 heavy (non-hydrogen) atoms. The number of pyridine rings is 1. The van der Waals surface area contributed by atoms with Gasteiger partial charge < -0.3 is 4.74 Å². The van der Waals surface area contributed by atoms with Gasteiger partial charge in [0.15, 0.2) is 0 Å². The fourth-order valence-corrected chi connectivity index (χ4v) is 3.28. The number of methoxy groups -OCH3 is 1. The first-order valence-electron chi connectivity index (χ1n) is 5.69. The van der Waals surface area contributed by atoms with Crippen molar-refractivity contribution in [3.8, 4) is 5.75 Å². The molecule has 1 aromatic carbocycles. The predicted octanol–water partition coefficient (Wildman–Crippen LogP) is 2.57. The second-order valence-electron chi connectivity index (χ2n) is 3.98. The third-order valence-electron chi connectivity index (χ3n) is 2.77. The molecular weight excluding hydrogens is 300 g/mol. The van der Waals surface area contributed by atoms with E-state index in [0.29, 0.717) is 10.7 Å². The van der Waals surface area contributed by atoms with E-state index in [4.69, 9.17) is 16.3 Å². The van der Waals surface area contributed by atoms with Gasteiger partial charge >= 0.3 is 0 Å².